The molecule has 0 bridgehead atoms. The van der Waals surface area contributed by atoms with Crippen molar-refractivity contribution in [1.82, 2.24) is 4.90 Å². The van der Waals surface area contributed by atoms with E-state index in [0.717, 1.165) is 12.8 Å². The molecule has 2 rings (SSSR count). The number of hydrogen-bond acceptors (Lipinski definition) is 1. The molecule has 0 radical (unpaired) electrons. The smallest absolute Gasteiger partial charge is 0.245 e. The summed E-state index contributed by atoms with van der Waals surface area (Å²) in [5.41, 5.74) is 4.87. The average Bonchev–Trinajstić information content (AvgIpc) is 3.02. The summed E-state index contributed by atoms with van der Waals surface area (Å²) in [6.45, 7) is 0.174. The van der Waals surface area contributed by atoms with Crippen LogP contribution in [-0.4, -0.2) is 36.9 Å². The van der Waals surface area contributed by atoms with E-state index in [4.69, 9.17) is 5.73 Å². The maximum Gasteiger partial charge on any atom is 0.245 e. The summed E-state index contributed by atoms with van der Waals surface area (Å²) in [5.74, 6) is 0.407. The monoisotopic (exact) mass is 345 g/mol. The van der Waals surface area contributed by atoms with Crippen LogP contribution in [0.3, 0.4) is 0 Å². The van der Waals surface area contributed by atoms with Gasteiger partial charge in [0.25, 0.3) is 0 Å². The van der Waals surface area contributed by atoms with Gasteiger partial charge in [0.15, 0.2) is 5.96 Å². The van der Waals surface area contributed by atoms with Gasteiger partial charge < -0.3 is 10.6 Å². The lowest BCUT2D eigenvalue weighted by Gasteiger charge is -2.18. The van der Waals surface area contributed by atoms with Gasteiger partial charge in [-0.1, -0.05) is 0 Å². The van der Waals surface area contributed by atoms with Crippen LogP contribution in [0.1, 0.15) is 25.7 Å². The maximum atomic E-state index is 12.6. The van der Waals surface area contributed by atoms with Crippen LogP contribution >= 0.6 is 24.0 Å². The van der Waals surface area contributed by atoms with Gasteiger partial charge in [-0.05, 0) is 25.7 Å². The summed E-state index contributed by atoms with van der Waals surface area (Å²) < 4.78 is 25.1. The zero-order valence-electron chi connectivity index (χ0n) is 9.33. The molecule has 2 saturated carbocycles. The van der Waals surface area contributed by atoms with Crippen molar-refractivity contribution >= 4 is 29.9 Å². The van der Waals surface area contributed by atoms with E-state index in [1.165, 1.54) is 0 Å². The number of halogens is 3. The highest BCUT2D eigenvalue weighted by Crippen LogP contribution is 2.50. The molecule has 0 aliphatic heterocycles. The molecule has 0 amide bonds. The van der Waals surface area contributed by atoms with E-state index >= 15 is 0 Å². The summed E-state index contributed by atoms with van der Waals surface area (Å²) in [4.78, 5) is 5.97. The first kappa shape index (κ1) is 13.9. The van der Waals surface area contributed by atoms with Gasteiger partial charge in [0, 0.05) is 13.1 Å². The minimum absolute atomic E-state index is 0. The quantitative estimate of drug-likeness (QED) is 0.482. The minimum Gasteiger partial charge on any atom is -0.370 e. The van der Waals surface area contributed by atoms with E-state index in [1.54, 1.807) is 0 Å². The van der Waals surface area contributed by atoms with Crippen LogP contribution in [0.5, 0.6) is 0 Å². The Morgan fingerprint density at radius 2 is 2.06 bits per heavy atom. The molecule has 2 fully saturated rings. The molecular weight excluding hydrogens is 327 g/mol. The fraction of sp³-hybridized carbons (Fsp3) is 0.900. The molecule has 0 aromatic carbocycles. The molecule has 94 valence electrons. The summed E-state index contributed by atoms with van der Waals surface area (Å²) in [5, 5.41) is 0. The molecule has 3 nitrogen and oxygen atoms in total. The Labute approximate surface area is 111 Å². The van der Waals surface area contributed by atoms with Crippen molar-refractivity contribution in [3.63, 3.8) is 0 Å². The highest BCUT2D eigenvalue weighted by atomic mass is 127. The number of nitrogens with zero attached hydrogens (tertiary/aromatic N) is 2. The summed E-state index contributed by atoms with van der Waals surface area (Å²) in [6, 6.07) is 0.482. The largest absolute Gasteiger partial charge is 0.370 e. The average molecular weight is 345 g/mol. The zero-order chi connectivity index (χ0) is 11.1. The number of aliphatic imine (C=N–C) groups is 1. The third-order valence-electron chi connectivity index (χ3n) is 3.37. The van der Waals surface area contributed by atoms with Gasteiger partial charge in [0.1, 0.15) is 0 Å². The number of guanidine groups is 1. The van der Waals surface area contributed by atoms with Gasteiger partial charge in [-0.2, -0.15) is 0 Å². The van der Waals surface area contributed by atoms with Gasteiger partial charge in [-0.25, -0.2) is 8.78 Å². The van der Waals surface area contributed by atoms with E-state index in [1.807, 2.05) is 11.9 Å². The van der Waals surface area contributed by atoms with E-state index in [2.05, 4.69) is 4.99 Å². The van der Waals surface area contributed by atoms with Gasteiger partial charge in [-0.3, -0.25) is 4.99 Å². The van der Waals surface area contributed by atoms with E-state index < -0.39 is 11.8 Å². The molecule has 2 aliphatic rings. The van der Waals surface area contributed by atoms with E-state index in [9.17, 15) is 8.78 Å². The molecule has 2 aliphatic carbocycles. The second-order valence-electron chi connectivity index (χ2n) is 4.68. The second kappa shape index (κ2) is 5.01. The fourth-order valence-corrected chi connectivity index (χ4v) is 1.60. The molecule has 0 aromatic rings. The van der Waals surface area contributed by atoms with Crippen molar-refractivity contribution in [3.05, 3.63) is 0 Å². The molecule has 0 heterocycles. The first-order valence-electron chi connectivity index (χ1n) is 5.36. The molecule has 0 saturated heterocycles. The van der Waals surface area contributed by atoms with Crippen LogP contribution in [0.25, 0.3) is 0 Å². The molecular formula is C10H18F2IN3. The molecule has 0 unspecified atom stereocenters. The maximum absolute atomic E-state index is 12.6. The fourth-order valence-electron chi connectivity index (χ4n) is 1.60. The molecule has 0 aromatic heterocycles. The first-order chi connectivity index (χ1) is 7.05. The SMILES string of the molecule is CN(C(N)=NCC1(C(F)F)CC1)C1CC1.I. The number of alkyl halides is 2. The van der Waals surface area contributed by atoms with Crippen LogP contribution < -0.4 is 5.73 Å². The summed E-state index contributed by atoms with van der Waals surface area (Å²) in [7, 11) is 1.87. The van der Waals surface area contributed by atoms with Crippen LogP contribution in [-0.2, 0) is 0 Å². The standard InChI is InChI=1S/C10H17F2N3.HI/c1-15(7-2-3-7)9(13)14-6-10(4-5-10)8(11)12;/h7-8H,2-6H2,1H3,(H2,13,14);1H. The Hall–Kier alpha value is -0.140. The molecule has 0 spiro atoms. The van der Waals surface area contributed by atoms with Crippen molar-refractivity contribution in [2.24, 2.45) is 16.1 Å². The predicted octanol–water partition coefficient (Wildman–Crippen LogP) is 2.06. The molecule has 2 N–H and O–H groups in total. The predicted molar refractivity (Wildman–Crippen MR) is 70.4 cm³/mol. The van der Waals surface area contributed by atoms with E-state index in [-0.39, 0.29) is 30.5 Å². The Kier molecular flexibility index (Phi) is 4.36. The Morgan fingerprint density at radius 3 is 2.44 bits per heavy atom. The summed E-state index contributed by atoms with van der Waals surface area (Å²) >= 11 is 0. The van der Waals surface area contributed by atoms with Gasteiger partial charge in [-0.15, -0.1) is 24.0 Å². The lowest BCUT2D eigenvalue weighted by molar-refractivity contribution is 0.0666. The van der Waals surface area contributed by atoms with E-state index in [0.29, 0.717) is 24.8 Å². The van der Waals surface area contributed by atoms with Crippen molar-refractivity contribution in [3.8, 4) is 0 Å². The third kappa shape index (κ3) is 2.95. The number of rotatable bonds is 4. The van der Waals surface area contributed by atoms with Crippen LogP contribution in [0.4, 0.5) is 8.78 Å². The van der Waals surface area contributed by atoms with Crippen LogP contribution in [0.15, 0.2) is 4.99 Å². The molecule has 16 heavy (non-hydrogen) atoms. The van der Waals surface area contributed by atoms with Crippen molar-refractivity contribution in [2.45, 2.75) is 38.2 Å². The second-order valence-corrected chi connectivity index (χ2v) is 4.68. The molecule has 6 heteroatoms. The first-order valence-corrected chi connectivity index (χ1v) is 5.36. The Balaban J connectivity index is 0.00000128. The number of hydrogen-bond donors (Lipinski definition) is 1. The normalized spacial score (nSPS) is 22.9. The van der Waals surface area contributed by atoms with Crippen molar-refractivity contribution in [1.29, 1.82) is 0 Å². The minimum atomic E-state index is -2.26. The van der Waals surface area contributed by atoms with Crippen molar-refractivity contribution in [2.75, 3.05) is 13.6 Å². The van der Waals surface area contributed by atoms with Gasteiger partial charge in [0.05, 0.1) is 12.0 Å². The summed E-state index contributed by atoms with van der Waals surface area (Å²) in [6.07, 6.45) is 1.16. The number of nitrogens with two attached hydrogens (primary N) is 1. The van der Waals surface area contributed by atoms with Crippen LogP contribution in [0, 0.1) is 5.41 Å². The third-order valence-corrected chi connectivity index (χ3v) is 3.37. The molecule has 0 atom stereocenters. The lowest BCUT2D eigenvalue weighted by Crippen LogP contribution is -2.36. The Morgan fingerprint density at radius 1 is 1.50 bits per heavy atom. The van der Waals surface area contributed by atoms with Gasteiger partial charge >= 0.3 is 0 Å². The highest BCUT2D eigenvalue weighted by Gasteiger charge is 2.51. The Bertz CT molecular complexity index is 275. The zero-order valence-corrected chi connectivity index (χ0v) is 11.7. The lowest BCUT2D eigenvalue weighted by atomic mass is 10.1. The van der Waals surface area contributed by atoms with Crippen LogP contribution in [0.2, 0.25) is 0 Å². The van der Waals surface area contributed by atoms with Gasteiger partial charge in [0.2, 0.25) is 6.43 Å². The van der Waals surface area contributed by atoms with Crippen molar-refractivity contribution < 1.29 is 8.78 Å². The highest BCUT2D eigenvalue weighted by molar-refractivity contribution is 14.0. The topological polar surface area (TPSA) is 41.6 Å².